The molecule has 1 aromatic carbocycles. The fourth-order valence-corrected chi connectivity index (χ4v) is 5.57. The normalized spacial score (nSPS) is 19.1. The van der Waals surface area contributed by atoms with Crippen molar-refractivity contribution < 1.29 is 9.13 Å². The minimum atomic E-state index is -0.830. The van der Waals surface area contributed by atoms with E-state index in [-0.39, 0.29) is 5.82 Å². The quantitative estimate of drug-likeness (QED) is 0.338. The summed E-state index contributed by atoms with van der Waals surface area (Å²) in [6, 6.07) is 8.63. The van der Waals surface area contributed by atoms with Crippen LogP contribution in [-0.4, -0.2) is 73.7 Å². The van der Waals surface area contributed by atoms with E-state index < -0.39 is 5.54 Å². The molecule has 7 rings (SSSR count). The van der Waals surface area contributed by atoms with Crippen molar-refractivity contribution in [1.29, 1.82) is 0 Å². The zero-order chi connectivity index (χ0) is 28.0. The summed E-state index contributed by atoms with van der Waals surface area (Å²) in [5.74, 6) is 1.26. The lowest BCUT2D eigenvalue weighted by atomic mass is 9.87. The average molecular weight is 555 g/mol. The number of rotatable bonds is 6. The van der Waals surface area contributed by atoms with Gasteiger partial charge < -0.3 is 20.3 Å². The Morgan fingerprint density at radius 2 is 1.66 bits per heavy atom. The van der Waals surface area contributed by atoms with Crippen molar-refractivity contribution in [2.45, 2.75) is 24.9 Å². The van der Waals surface area contributed by atoms with Crippen LogP contribution in [0.5, 0.6) is 0 Å². The van der Waals surface area contributed by atoms with Crippen LogP contribution >= 0.6 is 0 Å². The lowest BCUT2D eigenvalue weighted by Crippen LogP contribution is -2.47. The molecule has 0 bridgehead atoms. The summed E-state index contributed by atoms with van der Waals surface area (Å²) in [4.78, 5) is 18.3. The number of hydrogen-bond donors (Lipinski definition) is 1. The van der Waals surface area contributed by atoms with E-state index in [1.165, 1.54) is 12.1 Å². The highest BCUT2D eigenvalue weighted by molar-refractivity contribution is 5.77. The second-order valence-corrected chi connectivity index (χ2v) is 10.8. The average Bonchev–Trinajstić information content (AvgIpc) is 3.78. The molecule has 2 saturated heterocycles. The summed E-state index contributed by atoms with van der Waals surface area (Å²) in [6.45, 7) is 6.39. The van der Waals surface area contributed by atoms with Gasteiger partial charge in [-0.3, -0.25) is 4.68 Å². The van der Waals surface area contributed by atoms with Crippen LogP contribution < -0.4 is 15.5 Å². The fraction of sp³-hybridized carbons (Fsp3) is 0.345. The van der Waals surface area contributed by atoms with Crippen LogP contribution in [0.4, 0.5) is 16.2 Å². The highest BCUT2D eigenvalue weighted by atomic mass is 19.1. The molecule has 0 radical (unpaired) electrons. The molecule has 210 valence electrons. The standard InChI is InChI=1S/C29H31FN10O/c1-29(31,22-2-4-24(30)5-3-22)23-14-32-28(33-15-23)38-9-7-37(8-10-38)27-26-12-20(16-40(26)36-19-34-27)21-13-35-39(17-21)25-6-11-41-18-25/h2-5,12-17,19,25H,6-11,18,31H2,1H3. The first-order valence-electron chi connectivity index (χ1n) is 13.8. The Morgan fingerprint density at radius 1 is 0.902 bits per heavy atom. The van der Waals surface area contributed by atoms with Gasteiger partial charge in [-0.2, -0.15) is 10.2 Å². The third kappa shape index (κ3) is 4.78. The predicted octanol–water partition coefficient (Wildman–Crippen LogP) is 3.03. The SMILES string of the molecule is CC(N)(c1ccc(F)cc1)c1cnc(N2CCN(c3ncnn4cc(-c5cnn(C6CCOC6)c5)cc34)CC2)nc1. The number of piperazine rings is 1. The molecule has 0 spiro atoms. The molecule has 2 fully saturated rings. The largest absolute Gasteiger partial charge is 0.379 e. The summed E-state index contributed by atoms with van der Waals surface area (Å²) in [5.41, 5.74) is 10.4. The summed E-state index contributed by atoms with van der Waals surface area (Å²) < 4.78 is 22.8. The molecule has 12 heteroatoms. The van der Waals surface area contributed by atoms with Crippen molar-refractivity contribution in [3.8, 4) is 11.1 Å². The lowest BCUT2D eigenvalue weighted by molar-refractivity contribution is 0.184. The highest BCUT2D eigenvalue weighted by Crippen LogP contribution is 2.30. The van der Waals surface area contributed by atoms with E-state index >= 15 is 0 Å². The molecule has 5 aromatic rings. The molecule has 2 N–H and O–H groups in total. The molecule has 2 unspecified atom stereocenters. The molecule has 0 aliphatic carbocycles. The minimum absolute atomic E-state index is 0.294. The Balaban J connectivity index is 1.05. The zero-order valence-corrected chi connectivity index (χ0v) is 22.8. The monoisotopic (exact) mass is 554 g/mol. The van der Waals surface area contributed by atoms with Crippen LogP contribution in [0.25, 0.3) is 16.6 Å². The number of benzene rings is 1. The molecule has 0 saturated carbocycles. The summed E-state index contributed by atoms with van der Waals surface area (Å²) in [5, 5.41) is 9.03. The summed E-state index contributed by atoms with van der Waals surface area (Å²) >= 11 is 0. The molecule has 11 nitrogen and oxygen atoms in total. The second kappa shape index (κ2) is 10.2. The molecule has 2 aliphatic heterocycles. The topological polar surface area (TPSA) is 116 Å². The lowest BCUT2D eigenvalue weighted by Gasteiger charge is -2.35. The highest BCUT2D eigenvalue weighted by Gasteiger charge is 2.27. The van der Waals surface area contributed by atoms with Gasteiger partial charge in [-0.05, 0) is 37.1 Å². The van der Waals surface area contributed by atoms with Gasteiger partial charge in [0, 0.05) is 74.3 Å². The predicted molar refractivity (Wildman–Crippen MR) is 152 cm³/mol. The minimum Gasteiger partial charge on any atom is -0.379 e. The summed E-state index contributed by atoms with van der Waals surface area (Å²) in [7, 11) is 0. The Hall–Kier alpha value is -4.42. The number of halogens is 1. The zero-order valence-electron chi connectivity index (χ0n) is 22.8. The number of nitrogens with zero attached hydrogens (tertiary/aromatic N) is 9. The van der Waals surface area contributed by atoms with Crippen molar-refractivity contribution in [3.63, 3.8) is 0 Å². The molecule has 2 aliphatic rings. The molecule has 0 amide bonds. The number of ether oxygens (including phenoxy) is 1. The van der Waals surface area contributed by atoms with Crippen molar-refractivity contribution >= 4 is 17.3 Å². The molecule has 41 heavy (non-hydrogen) atoms. The first-order valence-corrected chi connectivity index (χ1v) is 13.8. The maximum atomic E-state index is 13.4. The Morgan fingerprint density at radius 3 is 2.39 bits per heavy atom. The number of aromatic nitrogens is 7. The molecular weight excluding hydrogens is 523 g/mol. The Labute approximate surface area is 236 Å². The van der Waals surface area contributed by atoms with Gasteiger partial charge in [-0.1, -0.05) is 12.1 Å². The number of nitrogens with two attached hydrogens (primary N) is 1. The van der Waals surface area contributed by atoms with Crippen molar-refractivity contribution in [1.82, 2.24) is 34.3 Å². The van der Waals surface area contributed by atoms with Crippen molar-refractivity contribution in [2.75, 3.05) is 49.2 Å². The van der Waals surface area contributed by atoms with Gasteiger partial charge in [-0.25, -0.2) is 23.9 Å². The third-order valence-corrected chi connectivity index (χ3v) is 8.14. The molecular formula is C29H31FN10O. The van der Waals surface area contributed by atoms with Crippen LogP contribution in [0.1, 0.15) is 30.5 Å². The van der Waals surface area contributed by atoms with E-state index in [4.69, 9.17) is 10.5 Å². The van der Waals surface area contributed by atoms with Gasteiger partial charge in [-0.15, -0.1) is 0 Å². The maximum absolute atomic E-state index is 13.4. The van der Waals surface area contributed by atoms with Crippen LogP contribution in [0.3, 0.4) is 0 Å². The van der Waals surface area contributed by atoms with Gasteiger partial charge in [0.25, 0.3) is 0 Å². The number of anilines is 2. The van der Waals surface area contributed by atoms with Gasteiger partial charge in [0.2, 0.25) is 5.95 Å². The number of hydrogen-bond acceptors (Lipinski definition) is 9. The van der Waals surface area contributed by atoms with E-state index in [9.17, 15) is 4.39 Å². The van der Waals surface area contributed by atoms with E-state index in [0.29, 0.717) is 18.6 Å². The first-order chi connectivity index (χ1) is 20.0. The second-order valence-electron chi connectivity index (χ2n) is 10.8. The summed E-state index contributed by atoms with van der Waals surface area (Å²) in [6.07, 6.45) is 12.1. The molecule has 6 heterocycles. The number of fused-ring (bicyclic) bond motifs is 1. The third-order valence-electron chi connectivity index (χ3n) is 8.14. The van der Waals surface area contributed by atoms with Crippen LogP contribution in [0.2, 0.25) is 0 Å². The van der Waals surface area contributed by atoms with Gasteiger partial charge >= 0.3 is 0 Å². The molecule has 4 aromatic heterocycles. The maximum Gasteiger partial charge on any atom is 0.225 e. The van der Waals surface area contributed by atoms with E-state index in [1.54, 1.807) is 30.9 Å². The Kier molecular flexibility index (Phi) is 6.36. The van der Waals surface area contributed by atoms with E-state index in [1.807, 2.05) is 28.5 Å². The van der Waals surface area contributed by atoms with Crippen LogP contribution in [0, 0.1) is 5.82 Å². The van der Waals surface area contributed by atoms with Gasteiger partial charge in [0.05, 0.1) is 24.4 Å². The Bertz CT molecular complexity index is 1650. The smallest absolute Gasteiger partial charge is 0.225 e. The first kappa shape index (κ1) is 25.5. The van der Waals surface area contributed by atoms with Crippen molar-refractivity contribution in [3.05, 3.63) is 84.6 Å². The van der Waals surface area contributed by atoms with Crippen LogP contribution in [0.15, 0.2) is 67.6 Å². The van der Waals surface area contributed by atoms with Crippen LogP contribution in [-0.2, 0) is 10.3 Å². The van der Waals surface area contributed by atoms with Crippen molar-refractivity contribution in [2.24, 2.45) is 5.73 Å². The fourth-order valence-electron chi connectivity index (χ4n) is 5.57. The van der Waals surface area contributed by atoms with E-state index in [0.717, 1.165) is 72.8 Å². The van der Waals surface area contributed by atoms with Gasteiger partial charge in [0.1, 0.15) is 17.7 Å². The van der Waals surface area contributed by atoms with Gasteiger partial charge in [0.15, 0.2) is 5.82 Å². The molecule has 2 atom stereocenters. The van der Waals surface area contributed by atoms with E-state index in [2.05, 4.69) is 47.2 Å².